The molecule has 1 amide bonds. The summed E-state index contributed by atoms with van der Waals surface area (Å²) in [7, 11) is 0.0340. The summed E-state index contributed by atoms with van der Waals surface area (Å²) in [6.07, 6.45) is 5.80. The predicted molar refractivity (Wildman–Crippen MR) is 123 cm³/mol. The Kier molecular flexibility index (Phi) is 4.75. The fourth-order valence-electron chi connectivity index (χ4n) is 4.53. The number of para-hydroxylation sites is 1. The van der Waals surface area contributed by atoms with E-state index in [4.69, 9.17) is 0 Å². The third-order valence-corrected chi connectivity index (χ3v) is 8.06. The Bertz CT molecular complexity index is 1340. The van der Waals surface area contributed by atoms with E-state index in [1.807, 2.05) is 24.3 Å². The topological polar surface area (TPSA) is 62.6 Å². The lowest BCUT2D eigenvalue weighted by Gasteiger charge is -2.26. The van der Waals surface area contributed by atoms with Crippen molar-refractivity contribution >= 4 is 38.1 Å². The van der Waals surface area contributed by atoms with Crippen molar-refractivity contribution in [3.8, 4) is 0 Å². The lowest BCUT2D eigenvalue weighted by atomic mass is 9.99. The van der Waals surface area contributed by atoms with Gasteiger partial charge in [0.15, 0.2) is 0 Å². The van der Waals surface area contributed by atoms with Crippen LogP contribution in [0.5, 0.6) is 0 Å². The molecule has 0 aliphatic carbocycles. The van der Waals surface area contributed by atoms with Crippen LogP contribution >= 0.6 is 0 Å². The van der Waals surface area contributed by atoms with Gasteiger partial charge in [-0.05, 0) is 55.3 Å². The van der Waals surface area contributed by atoms with Gasteiger partial charge >= 0.3 is 0 Å². The monoisotopic (exact) mass is 435 g/mol. The first-order valence-electron chi connectivity index (χ1n) is 10.5. The summed E-state index contributed by atoms with van der Waals surface area (Å²) in [6, 6.07) is 12.7. The molecule has 5 rings (SSSR count). The van der Waals surface area contributed by atoms with Crippen molar-refractivity contribution in [2.75, 3.05) is 32.1 Å². The van der Waals surface area contributed by atoms with Crippen molar-refractivity contribution in [1.82, 2.24) is 8.87 Å². The van der Waals surface area contributed by atoms with Gasteiger partial charge in [0.1, 0.15) is 0 Å². The summed E-state index contributed by atoms with van der Waals surface area (Å²) in [5.74, 6) is 0.0514. The van der Waals surface area contributed by atoms with Crippen LogP contribution in [0.2, 0.25) is 0 Å². The molecule has 3 heterocycles. The van der Waals surface area contributed by atoms with Gasteiger partial charge in [0, 0.05) is 49.4 Å². The smallest absolute Gasteiger partial charge is 0.268 e. The van der Waals surface area contributed by atoms with Gasteiger partial charge in [-0.1, -0.05) is 24.3 Å². The molecule has 160 valence electrons. The zero-order chi connectivity index (χ0) is 21.8. The molecular formula is C24H25N3O3S. The number of amides is 1. The summed E-state index contributed by atoms with van der Waals surface area (Å²) in [6.45, 7) is 1.81. The first-order valence-corrected chi connectivity index (χ1v) is 11.9. The molecule has 7 heteroatoms. The van der Waals surface area contributed by atoms with Gasteiger partial charge in [-0.3, -0.25) is 4.79 Å². The van der Waals surface area contributed by atoms with Crippen molar-refractivity contribution in [2.24, 2.45) is 0 Å². The summed E-state index contributed by atoms with van der Waals surface area (Å²) in [5, 5.41) is 0.949. The second-order valence-electron chi connectivity index (χ2n) is 8.35. The zero-order valence-electron chi connectivity index (χ0n) is 17.7. The van der Waals surface area contributed by atoms with Crippen LogP contribution in [0.3, 0.4) is 0 Å². The number of anilines is 1. The third-order valence-electron chi connectivity index (χ3n) is 6.39. The second kappa shape index (κ2) is 7.35. The van der Waals surface area contributed by atoms with Gasteiger partial charge in [0.25, 0.3) is 10.0 Å². The molecule has 0 spiro atoms. The summed E-state index contributed by atoms with van der Waals surface area (Å²) >= 11 is 0. The van der Waals surface area contributed by atoms with E-state index in [2.05, 4.69) is 18.0 Å². The first kappa shape index (κ1) is 20.0. The van der Waals surface area contributed by atoms with E-state index >= 15 is 0 Å². The lowest BCUT2D eigenvalue weighted by Crippen LogP contribution is -2.31. The molecule has 0 saturated heterocycles. The van der Waals surface area contributed by atoms with Crippen LogP contribution in [0, 0.1) is 0 Å². The quantitative estimate of drug-likeness (QED) is 0.632. The number of fused-ring (bicyclic) bond motifs is 2. The Morgan fingerprint density at radius 2 is 1.77 bits per heavy atom. The van der Waals surface area contributed by atoms with E-state index in [1.165, 1.54) is 9.55 Å². The number of carbonyl (C=O) groups is 1. The van der Waals surface area contributed by atoms with Crippen LogP contribution in [0.15, 0.2) is 59.6 Å². The molecule has 0 fully saturated rings. The Hall–Kier alpha value is -2.90. The maximum Gasteiger partial charge on any atom is 0.268 e. The average Bonchev–Trinajstić information content (AvgIpc) is 3.17. The van der Waals surface area contributed by atoms with Crippen LogP contribution in [0.4, 0.5) is 5.69 Å². The minimum absolute atomic E-state index is 0.0514. The summed E-state index contributed by atoms with van der Waals surface area (Å²) in [4.78, 5) is 16.1. The van der Waals surface area contributed by atoms with Gasteiger partial charge in [-0.25, -0.2) is 12.4 Å². The van der Waals surface area contributed by atoms with Gasteiger partial charge in [-0.2, -0.15) is 0 Å². The summed E-state index contributed by atoms with van der Waals surface area (Å²) < 4.78 is 28.8. The average molecular weight is 436 g/mol. The van der Waals surface area contributed by atoms with Crippen molar-refractivity contribution in [1.29, 1.82) is 0 Å². The highest BCUT2D eigenvalue weighted by atomic mass is 32.2. The second-order valence-corrected chi connectivity index (χ2v) is 10.2. The van der Waals surface area contributed by atoms with Crippen LogP contribution in [-0.4, -0.2) is 50.4 Å². The molecule has 1 aromatic heterocycles. The molecule has 2 aliphatic heterocycles. The van der Waals surface area contributed by atoms with Crippen molar-refractivity contribution < 1.29 is 13.2 Å². The molecule has 0 N–H and O–H groups in total. The van der Waals surface area contributed by atoms with Gasteiger partial charge in [0.2, 0.25) is 5.91 Å². The number of likely N-dealkylation sites (N-methyl/N-ethyl adjacent to an activating group) is 1. The van der Waals surface area contributed by atoms with E-state index in [9.17, 15) is 13.2 Å². The molecule has 0 unspecified atom stereocenters. The molecule has 31 heavy (non-hydrogen) atoms. The Balaban J connectivity index is 1.63. The minimum atomic E-state index is -3.78. The zero-order valence-corrected chi connectivity index (χ0v) is 18.5. The highest BCUT2D eigenvalue weighted by Crippen LogP contribution is 2.34. The maximum atomic E-state index is 13.7. The number of aromatic nitrogens is 1. The van der Waals surface area contributed by atoms with Crippen LogP contribution in [0.1, 0.15) is 24.0 Å². The first-order chi connectivity index (χ1) is 14.9. The lowest BCUT2D eigenvalue weighted by molar-refractivity contribution is -0.118. The van der Waals surface area contributed by atoms with Gasteiger partial charge in [-0.15, -0.1) is 0 Å². The van der Waals surface area contributed by atoms with E-state index in [1.54, 1.807) is 36.3 Å². The molecule has 0 saturated carbocycles. The van der Waals surface area contributed by atoms with Crippen LogP contribution in [-0.2, 0) is 21.2 Å². The molecule has 3 aromatic rings. The van der Waals surface area contributed by atoms with E-state index in [0.717, 1.165) is 41.7 Å². The SMILES string of the molecule is CN1CC=C(c2cn(S(=O)(=O)c3ccc4c(c3)CCC(=O)N4C)c3ccccc23)CC1. The number of carbonyl (C=O) groups excluding carboxylic acids is 1. The molecule has 0 radical (unpaired) electrons. The maximum absolute atomic E-state index is 13.7. The van der Waals surface area contributed by atoms with Gasteiger partial charge < -0.3 is 9.80 Å². The number of hydrogen-bond acceptors (Lipinski definition) is 4. The van der Waals surface area contributed by atoms with Crippen molar-refractivity contribution in [2.45, 2.75) is 24.2 Å². The highest BCUT2D eigenvalue weighted by Gasteiger charge is 2.26. The fourth-order valence-corrected chi connectivity index (χ4v) is 5.95. The molecule has 6 nitrogen and oxygen atoms in total. The highest BCUT2D eigenvalue weighted by molar-refractivity contribution is 7.90. The minimum Gasteiger partial charge on any atom is -0.315 e. The number of rotatable bonds is 3. The number of benzene rings is 2. The standard InChI is InChI=1S/C24H25N3O3S/c1-25-13-11-17(12-14-25)21-16-27(23-6-4-3-5-20(21)23)31(29,30)19-8-9-22-18(15-19)7-10-24(28)26(22)2/h3-6,8-9,11,15-16H,7,10,12-14H2,1-2H3. The Morgan fingerprint density at radius 3 is 2.55 bits per heavy atom. The normalized spacial score (nSPS) is 17.7. The van der Waals surface area contributed by atoms with E-state index in [0.29, 0.717) is 18.4 Å². The molecule has 0 atom stereocenters. The predicted octanol–water partition coefficient (Wildman–Crippen LogP) is 3.51. The largest absolute Gasteiger partial charge is 0.315 e. The van der Waals surface area contributed by atoms with E-state index < -0.39 is 10.0 Å². The number of nitrogens with zero attached hydrogens (tertiary/aromatic N) is 3. The molecule has 2 aliphatic rings. The van der Waals surface area contributed by atoms with Gasteiger partial charge in [0.05, 0.1) is 10.4 Å². The third kappa shape index (κ3) is 3.28. The Labute approximate surface area is 182 Å². The molecular weight excluding hydrogens is 410 g/mol. The summed E-state index contributed by atoms with van der Waals surface area (Å²) in [5.41, 5.74) is 4.52. The number of hydrogen-bond donors (Lipinski definition) is 0. The number of aryl methyl sites for hydroxylation is 1. The van der Waals surface area contributed by atoms with Crippen molar-refractivity contribution in [3.05, 3.63) is 65.9 Å². The van der Waals surface area contributed by atoms with Crippen molar-refractivity contribution in [3.63, 3.8) is 0 Å². The van der Waals surface area contributed by atoms with Crippen LogP contribution < -0.4 is 4.90 Å². The fraction of sp³-hybridized carbons (Fsp3) is 0.292. The Morgan fingerprint density at radius 1 is 0.968 bits per heavy atom. The van der Waals surface area contributed by atoms with E-state index in [-0.39, 0.29) is 10.8 Å². The van der Waals surface area contributed by atoms with Crippen LogP contribution in [0.25, 0.3) is 16.5 Å². The molecule has 0 bridgehead atoms. The molecule has 2 aromatic carbocycles.